The van der Waals surface area contributed by atoms with Gasteiger partial charge in [0.25, 0.3) is 0 Å². The van der Waals surface area contributed by atoms with Gasteiger partial charge in [0.15, 0.2) is 0 Å². The SMILES string of the molecule is COc1cc(C)ccc1-c1nc(=S)cc(C2CC2)[nH]1. The summed E-state index contributed by atoms with van der Waals surface area (Å²) in [4.78, 5) is 7.83. The van der Waals surface area contributed by atoms with Crippen LogP contribution in [0.1, 0.15) is 30.0 Å². The Bertz CT molecular complexity index is 674. The molecule has 0 radical (unpaired) electrons. The molecule has 3 rings (SSSR count). The van der Waals surface area contributed by atoms with Gasteiger partial charge in [-0.05, 0) is 49.4 Å². The number of H-pyrrole nitrogens is 1. The van der Waals surface area contributed by atoms with E-state index >= 15 is 0 Å². The Balaban J connectivity index is 2.13. The van der Waals surface area contributed by atoms with Gasteiger partial charge < -0.3 is 9.72 Å². The number of ether oxygens (including phenoxy) is 1. The third kappa shape index (κ3) is 2.54. The van der Waals surface area contributed by atoms with Gasteiger partial charge in [0.2, 0.25) is 0 Å². The molecular weight excluding hydrogens is 256 g/mol. The molecule has 98 valence electrons. The molecule has 1 fully saturated rings. The van der Waals surface area contributed by atoms with E-state index in [4.69, 9.17) is 17.0 Å². The first kappa shape index (κ1) is 12.4. The van der Waals surface area contributed by atoms with Crippen LogP contribution >= 0.6 is 12.2 Å². The molecule has 1 aliphatic rings. The molecule has 2 aromatic rings. The molecule has 1 aromatic heterocycles. The lowest BCUT2D eigenvalue weighted by molar-refractivity contribution is 0.416. The van der Waals surface area contributed by atoms with Crippen molar-refractivity contribution in [3.8, 4) is 17.1 Å². The Hall–Kier alpha value is -1.68. The van der Waals surface area contributed by atoms with E-state index in [1.807, 2.05) is 25.1 Å². The standard InChI is InChI=1S/C15H16N2OS/c1-9-3-6-11(13(7-9)18-2)15-16-12(10-4-5-10)8-14(19)17-15/h3,6-8,10H,4-5H2,1-2H3,(H,16,17,19). The second kappa shape index (κ2) is 4.78. The minimum atomic E-state index is 0.625. The number of benzene rings is 1. The molecule has 0 spiro atoms. The van der Waals surface area contributed by atoms with Gasteiger partial charge in [0.05, 0.1) is 12.7 Å². The van der Waals surface area contributed by atoms with Gasteiger partial charge in [0.1, 0.15) is 16.2 Å². The average Bonchev–Trinajstić information content (AvgIpc) is 3.22. The van der Waals surface area contributed by atoms with Crippen LogP contribution in [-0.4, -0.2) is 17.1 Å². The molecule has 0 unspecified atom stereocenters. The fraction of sp³-hybridized carbons (Fsp3) is 0.333. The maximum atomic E-state index is 5.44. The Labute approximate surface area is 117 Å². The van der Waals surface area contributed by atoms with Crippen LogP contribution in [0.25, 0.3) is 11.4 Å². The first-order valence-corrected chi connectivity index (χ1v) is 6.84. The van der Waals surface area contributed by atoms with Crippen molar-refractivity contribution in [3.05, 3.63) is 40.2 Å². The van der Waals surface area contributed by atoms with Gasteiger partial charge in [-0.3, -0.25) is 0 Å². The smallest absolute Gasteiger partial charge is 0.142 e. The van der Waals surface area contributed by atoms with Crippen LogP contribution in [0.2, 0.25) is 0 Å². The number of aromatic amines is 1. The molecule has 4 heteroatoms. The predicted octanol–water partition coefficient (Wildman–Crippen LogP) is 4.00. The third-order valence-corrected chi connectivity index (χ3v) is 3.60. The van der Waals surface area contributed by atoms with Gasteiger partial charge in [-0.15, -0.1) is 0 Å². The summed E-state index contributed by atoms with van der Waals surface area (Å²) in [5.74, 6) is 2.25. The quantitative estimate of drug-likeness (QED) is 0.858. The molecule has 3 nitrogen and oxygen atoms in total. The summed E-state index contributed by atoms with van der Waals surface area (Å²) in [6, 6.07) is 8.06. The lowest BCUT2D eigenvalue weighted by Crippen LogP contribution is -1.97. The van der Waals surface area contributed by atoms with Gasteiger partial charge in [-0.1, -0.05) is 18.3 Å². The molecule has 0 saturated heterocycles. The lowest BCUT2D eigenvalue weighted by Gasteiger charge is -2.10. The van der Waals surface area contributed by atoms with Gasteiger partial charge in [-0.25, -0.2) is 4.98 Å². The van der Waals surface area contributed by atoms with Crippen molar-refractivity contribution in [3.63, 3.8) is 0 Å². The fourth-order valence-corrected chi connectivity index (χ4v) is 2.43. The number of aryl methyl sites for hydroxylation is 1. The molecule has 1 N–H and O–H groups in total. The summed E-state index contributed by atoms with van der Waals surface area (Å²) >= 11 is 5.27. The lowest BCUT2D eigenvalue weighted by atomic mass is 10.1. The number of aromatic nitrogens is 2. The molecule has 0 bridgehead atoms. The van der Waals surface area contributed by atoms with E-state index in [1.54, 1.807) is 7.11 Å². The van der Waals surface area contributed by atoms with Crippen molar-refractivity contribution in [1.82, 2.24) is 9.97 Å². The Morgan fingerprint density at radius 3 is 2.79 bits per heavy atom. The Morgan fingerprint density at radius 2 is 2.11 bits per heavy atom. The van der Waals surface area contributed by atoms with E-state index in [-0.39, 0.29) is 0 Å². The van der Waals surface area contributed by atoms with Gasteiger partial charge in [-0.2, -0.15) is 0 Å². The fourth-order valence-electron chi connectivity index (χ4n) is 2.21. The number of hydrogen-bond acceptors (Lipinski definition) is 3. The van der Waals surface area contributed by atoms with Crippen LogP contribution in [0.4, 0.5) is 0 Å². The number of hydrogen-bond donors (Lipinski definition) is 1. The summed E-state index contributed by atoms with van der Waals surface area (Å²) in [5, 5.41) is 0. The first-order chi connectivity index (χ1) is 9.17. The maximum absolute atomic E-state index is 5.44. The zero-order chi connectivity index (χ0) is 13.4. The monoisotopic (exact) mass is 272 g/mol. The normalized spacial score (nSPS) is 14.4. The zero-order valence-corrected chi connectivity index (χ0v) is 11.9. The highest BCUT2D eigenvalue weighted by molar-refractivity contribution is 7.71. The van der Waals surface area contributed by atoms with Crippen molar-refractivity contribution in [2.75, 3.05) is 7.11 Å². The second-order valence-electron chi connectivity index (χ2n) is 5.00. The van der Waals surface area contributed by atoms with Crippen molar-refractivity contribution in [2.24, 2.45) is 0 Å². The summed E-state index contributed by atoms with van der Waals surface area (Å²) in [6.45, 7) is 2.04. The maximum Gasteiger partial charge on any atom is 0.142 e. The molecular formula is C15H16N2OS. The van der Waals surface area contributed by atoms with Crippen LogP contribution in [-0.2, 0) is 0 Å². The topological polar surface area (TPSA) is 37.9 Å². The van der Waals surface area contributed by atoms with Crippen molar-refractivity contribution >= 4 is 12.2 Å². The molecule has 1 aromatic carbocycles. The summed E-state index contributed by atoms with van der Waals surface area (Å²) in [6.07, 6.45) is 2.47. The highest BCUT2D eigenvalue weighted by atomic mass is 32.1. The van der Waals surface area contributed by atoms with E-state index in [0.29, 0.717) is 10.6 Å². The molecule has 1 saturated carbocycles. The third-order valence-electron chi connectivity index (χ3n) is 3.39. The van der Waals surface area contributed by atoms with E-state index in [9.17, 15) is 0 Å². The van der Waals surface area contributed by atoms with Crippen molar-refractivity contribution in [1.29, 1.82) is 0 Å². The minimum Gasteiger partial charge on any atom is -0.496 e. The first-order valence-electron chi connectivity index (χ1n) is 6.43. The van der Waals surface area contributed by atoms with Crippen molar-refractivity contribution in [2.45, 2.75) is 25.7 Å². The van der Waals surface area contributed by atoms with E-state index < -0.39 is 0 Å². The summed E-state index contributed by atoms with van der Waals surface area (Å²) < 4.78 is 6.08. The number of rotatable bonds is 3. The molecule has 1 aliphatic carbocycles. The number of nitrogens with one attached hydrogen (secondary N) is 1. The van der Waals surface area contributed by atoms with Gasteiger partial charge >= 0.3 is 0 Å². The van der Waals surface area contributed by atoms with Crippen LogP contribution in [0, 0.1) is 11.6 Å². The Kier molecular flexibility index (Phi) is 3.11. The highest BCUT2D eigenvalue weighted by Gasteiger charge is 2.25. The van der Waals surface area contributed by atoms with Gasteiger partial charge in [0, 0.05) is 5.69 Å². The average molecular weight is 272 g/mol. The molecule has 0 aliphatic heterocycles. The zero-order valence-electron chi connectivity index (χ0n) is 11.1. The van der Waals surface area contributed by atoms with E-state index in [2.05, 4.69) is 16.0 Å². The molecule has 0 amide bonds. The summed E-state index contributed by atoms with van der Waals surface area (Å²) in [7, 11) is 1.68. The molecule has 19 heavy (non-hydrogen) atoms. The second-order valence-corrected chi connectivity index (χ2v) is 5.42. The van der Waals surface area contributed by atoms with Crippen LogP contribution in [0.3, 0.4) is 0 Å². The minimum absolute atomic E-state index is 0.625. The van der Waals surface area contributed by atoms with Crippen LogP contribution < -0.4 is 4.74 Å². The van der Waals surface area contributed by atoms with Crippen LogP contribution in [0.15, 0.2) is 24.3 Å². The number of nitrogens with zero attached hydrogens (tertiary/aromatic N) is 1. The molecule has 0 atom stereocenters. The van der Waals surface area contributed by atoms with E-state index in [1.165, 1.54) is 18.5 Å². The van der Waals surface area contributed by atoms with E-state index in [0.717, 1.165) is 22.7 Å². The summed E-state index contributed by atoms with van der Waals surface area (Å²) in [5.41, 5.74) is 3.32. The van der Waals surface area contributed by atoms with Crippen LogP contribution in [0.5, 0.6) is 5.75 Å². The van der Waals surface area contributed by atoms with Crippen molar-refractivity contribution < 1.29 is 4.74 Å². The predicted molar refractivity (Wildman–Crippen MR) is 78.1 cm³/mol. The number of methoxy groups -OCH3 is 1. The largest absolute Gasteiger partial charge is 0.496 e. The highest BCUT2D eigenvalue weighted by Crippen LogP contribution is 2.39. The Morgan fingerprint density at radius 1 is 1.32 bits per heavy atom. The molecule has 1 heterocycles.